The van der Waals surface area contributed by atoms with Crippen molar-refractivity contribution in [3.63, 3.8) is 0 Å². The van der Waals surface area contributed by atoms with Crippen molar-refractivity contribution in [2.24, 2.45) is 0 Å². The Morgan fingerprint density at radius 2 is 1.63 bits per heavy atom. The second-order valence-corrected chi connectivity index (χ2v) is 9.24. The van der Waals surface area contributed by atoms with Gasteiger partial charge in [0.25, 0.3) is 0 Å². The molecule has 1 N–H and O–H groups in total. The van der Waals surface area contributed by atoms with Gasteiger partial charge in [-0.15, -0.1) is 0 Å². The van der Waals surface area contributed by atoms with Crippen LogP contribution in [0.5, 0.6) is 5.75 Å². The lowest BCUT2D eigenvalue weighted by Gasteiger charge is -2.35. The van der Waals surface area contributed by atoms with Crippen molar-refractivity contribution in [3.05, 3.63) is 53.0 Å². The van der Waals surface area contributed by atoms with Gasteiger partial charge >= 0.3 is 0 Å². The lowest BCUT2D eigenvalue weighted by Crippen LogP contribution is -2.51. The van der Waals surface area contributed by atoms with Crippen molar-refractivity contribution in [1.82, 2.24) is 9.21 Å². The van der Waals surface area contributed by atoms with Crippen LogP contribution in [0.2, 0.25) is 0 Å². The fraction of sp³-hybridized carbons (Fsp3) is 0.278. The van der Waals surface area contributed by atoms with E-state index >= 15 is 0 Å². The normalized spacial score (nSPS) is 15.4. The van der Waals surface area contributed by atoms with Crippen LogP contribution in [-0.2, 0) is 10.0 Å². The van der Waals surface area contributed by atoms with E-state index in [4.69, 9.17) is 17.0 Å². The zero-order valence-electron chi connectivity index (χ0n) is 14.8. The monoisotopic (exact) mass is 469 g/mol. The van der Waals surface area contributed by atoms with Gasteiger partial charge in [0.15, 0.2) is 5.11 Å². The summed E-state index contributed by atoms with van der Waals surface area (Å²) in [4.78, 5) is 2.25. The lowest BCUT2D eigenvalue weighted by molar-refractivity contribution is 0.268. The Morgan fingerprint density at radius 1 is 1.04 bits per heavy atom. The average Bonchev–Trinajstić information content (AvgIpc) is 2.70. The van der Waals surface area contributed by atoms with E-state index in [1.807, 2.05) is 29.2 Å². The number of thiocarbonyl (C=S) groups is 1. The summed E-state index contributed by atoms with van der Waals surface area (Å²) in [5, 5.41) is 3.79. The third-order valence-corrected chi connectivity index (χ3v) is 7.12. The number of rotatable bonds is 4. The van der Waals surface area contributed by atoms with E-state index in [-0.39, 0.29) is 4.90 Å². The third-order valence-electron chi connectivity index (χ3n) is 4.32. The SMILES string of the molecule is COc1ccc(S(=O)(=O)N2CCN(C(=S)Nc3ccc(Br)cc3)CC2)cc1. The molecule has 0 aromatic heterocycles. The number of benzene rings is 2. The molecule has 27 heavy (non-hydrogen) atoms. The second-order valence-electron chi connectivity index (χ2n) is 6.00. The Balaban J connectivity index is 1.60. The molecule has 0 radical (unpaired) electrons. The predicted octanol–water partition coefficient (Wildman–Crippen LogP) is 3.16. The number of methoxy groups -OCH3 is 1. The minimum Gasteiger partial charge on any atom is -0.497 e. The number of hydrogen-bond acceptors (Lipinski definition) is 4. The van der Waals surface area contributed by atoms with Crippen molar-refractivity contribution < 1.29 is 13.2 Å². The molecule has 0 aliphatic carbocycles. The molecule has 1 saturated heterocycles. The van der Waals surface area contributed by atoms with Gasteiger partial charge in [-0.05, 0) is 60.7 Å². The van der Waals surface area contributed by atoms with Gasteiger partial charge in [0.05, 0.1) is 12.0 Å². The first-order chi connectivity index (χ1) is 12.9. The van der Waals surface area contributed by atoms with E-state index in [2.05, 4.69) is 21.2 Å². The van der Waals surface area contributed by atoms with Crippen LogP contribution in [0.3, 0.4) is 0 Å². The number of halogens is 1. The summed E-state index contributed by atoms with van der Waals surface area (Å²) in [7, 11) is -1.97. The second kappa shape index (κ2) is 8.55. The van der Waals surface area contributed by atoms with Gasteiger partial charge in [-0.1, -0.05) is 15.9 Å². The van der Waals surface area contributed by atoms with E-state index in [1.54, 1.807) is 31.4 Å². The Bertz CT molecular complexity index is 894. The van der Waals surface area contributed by atoms with E-state index < -0.39 is 10.0 Å². The summed E-state index contributed by atoms with van der Waals surface area (Å²) in [5.74, 6) is 0.628. The first-order valence-corrected chi connectivity index (χ1v) is 11.0. The standard InChI is InChI=1S/C18H20BrN3O3S2/c1-25-16-6-8-17(9-7-16)27(23,24)22-12-10-21(11-13-22)18(26)20-15-4-2-14(19)3-5-15/h2-9H,10-13H2,1H3,(H,20,26). The minimum atomic E-state index is -3.52. The lowest BCUT2D eigenvalue weighted by atomic mass is 10.3. The third kappa shape index (κ3) is 4.78. The topological polar surface area (TPSA) is 61.9 Å². The molecule has 1 aliphatic heterocycles. The fourth-order valence-electron chi connectivity index (χ4n) is 2.76. The smallest absolute Gasteiger partial charge is 0.243 e. The molecular weight excluding hydrogens is 450 g/mol. The first kappa shape index (κ1) is 20.1. The molecule has 3 rings (SSSR count). The van der Waals surface area contributed by atoms with Crippen molar-refractivity contribution >= 4 is 49.0 Å². The highest BCUT2D eigenvalue weighted by atomic mass is 79.9. The van der Waals surface area contributed by atoms with Gasteiger partial charge in [0.1, 0.15) is 5.75 Å². The molecule has 1 heterocycles. The zero-order chi connectivity index (χ0) is 19.4. The number of anilines is 1. The van der Waals surface area contributed by atoms with Crippen molar-refractivity contribution in [2.45, 2.75) is 4.90 Å². The Morgan fingerprint density at radius 3 is 2.19 bits per heavy atom. The molecule has 0 saturated carbocycles. The number of nitrogens with zero attached hydrogens (tertiary/aromatic N) is 2. The summed E-state index contributed by atoms with van der Waals surface area (Å²) < 4.78 is 33.2. The summed E-state index contributed by atoms with van der Waals surface area (Å²) >= 11 is 8.86. The molecule has 0 atom stereocenters. The minimum absolute atomic E-state index is 0.271. The Kier molecular flexibility index (Phi) is 6.36. The summed E-state index contributed by atoms with van der Waals surface area (Å²) in [6, 6.07) is 14.2. The van der Waals surface area contributed by atoms with Crippen LogP contribution in [0.4, 0.5) is 5.69 Å². The van der Waals surface area contributed by atoms with E-state index in [0.29, 0.717) is 37.0 Å². The molecule has 9 heteroatoms. The molecule has 2 aromatic carbocycles. The van der Waals surface area contributed by atoms with Crippen LogP contribution in [0.25, 0.3) is 0 Å². The highest BCUT2D eigenvalue weighted by Gasteiger charge is 2.29. The summed E-state index contributed by atoms with van der Waals surface area (Å²) in [5.41, 5.74) is 0.900. The summed E-state index contributed by atoms with van der Waals surface area (Å²) in [6.07, 6.45) is 0. The number of sulfonamides is 1. The molecule has 0 spiro atoms. The van der Waals surface area contributed by atoms with Gasteiger partial charge in [0.2, 0.25) is 10.0 Å². The number of ether oxygens (including phenoxy) is 1. The quantitative estimate of drug-likeness (QED) is 0.693. The number of piperazine rings is 1. The van der Waals surface area contributed by atoms with Gasteiger partial charge in [-0.3, -0.25) is 0 Å². The molecule has 0 unspecified atom stereocenters. The van der Waals surface area contributed by atoms with Crippen LogP contribution in [-0.4, -0.2) is 56.0 Å². The van der Waals surface area contributed by atoms with Crippen LogP contribution in [0.15, 0.2) is 57.9 Å². The molecular formula is C18H20BrN3O3S2. The Labute approximate surface area is 173 Å². The molecule has 144 valence electrons. The molecule has 0 amide bonds. The first-order valence-electron chi connectivity index (χ1n) is 8.36. The fourth-order valence-corrected chi connectivity index (χ4v) is 4.75. The Hall–Kier alpha value is -1.68. The highest BCUT2D eigenvalue weighted by Crippen LogP contribution is 2.21. The molecule has 0 bridgehead atoms. The predicted molar refractivity (Wildman–Crippen MR) is 114 cm³/mol. The highest BCUT2D eigenvalue weighted by molar-refractivity contribution is 9.10. The van der Waals surface area contributed by atoms with Gasteiger partial charge in [-0.2, -0.15) is 4.31 Å². The average molecular weight is 470 g/mol. The molecule has 1 aliphatic rings. The van der Waals surface area contributed by atoms with Crippen LogP contribution in [0.1, 0.15) is 0 Å². The van der Waals surface area contributed by atoms with Crippen molar-refractivity contribution in [1.29, 1.82) is 0 Å². The van der Waals surface area contributed by atoms with Gasteiger partial charge in [0, 0.05) is 36.3 Å². The van der Waals surface area contributed by atoms with Crippen molar-refractivity contribution in [2.75, 3.05) is 38.6 Å². The largest absolute Gasteiger partial charge is 0.497 e. The van der Waals surface area contributed by atoms with Gasteiger partial charge < -0.3 is 15.0 Å². The number of hydrogen-bond donors (Lipinski definition) is 1. The maximum absolute atomic E-state index is 12.8. The maximum Gasteiger partial charge on any atom is 0.243 e. The van der Waals surface area contributed by atoms with E-state index in [1.165, 1.54) is 4.31 Å². The van der Waals surface area contributed by atoms with Crippen LogP contribution in [0, 0.1) is 0 Å². The summed E-state index contributed by atoms with van der Waals surface area (Å²) in [6.45, 7) is 1.85. The number of nitrogens with one attached hydrogen (secondary N) is 1. The zero-order valence-corrected chi connectivity index (χ0v) is 18.0. The van der Waals surface area contributed by atoms with Gasteiger partial charge in [-0.25, -0.2) is 8.42 Å². The van der Waals surface area contributed by atoms with Crippen molar-refractivity contribution in [3.8, 4) is 5.75 Å². The molecule has 2 aromatic rings. The molecule has 1 fully saturated rings. The maximum atomic E-state index is 12.8. The van der Waals surface area contributed by atoms with E-state index in [0.717, 1.165) is 10.2 Å². The molecule has 6 nitrogen and oxygen atoms in total. The van der Waals surface area contributed by atoms with Crippen LogP contribution >= 0.6 is 28.1 Å². The van der Waals surface area contributed by atoms with Crippen LogP contribution < -0.4 is 10.1 Å². The van der Waals surface area contributed by atoms with E-state index in [9.17, 15) is 8.42 Å².